The molecule has 0 bridgehead atoms. The summed E-state index contributed by atoms with van der Waals surface area (Å²) in [5.74, 6) is 0.790. The minimum Gasteiger partial charge on any atom is -0.300 e. The Balaban J connectivity index is 1.77. The summed E-state index contributed by atoms with van der Waals surface area (Å²) < 4.78 is 0. The monoisotopic (exact) mass is 243 g/mol. The quantitative estimate of drug-likeness (QED) is 0.752. The van der Waals surface area contributed by atoms with Gasteiger partial charge in [-0.1, -0.05) is 49.6 Å². The third-order valence-corrected chi connectivity index (χ3v) is 4.82. The van der Waals surface area contributed by atoms with Crippen molar-refractivity contribution in [3.05, 3.63) is 35.9 Å². The Hall–Kier alpha value is -0.820. The van der Waals surface area contributed by atoms with E-state index in [9.17, 15) is 0 Å². The summed E-state index contributed by atoms with van der Waals surface area (Å²) in [6, 6.07) is 12.1. The van der Waals surface area contributed by atoms with E-state index in [0.717, 1.165) is 12.0 Å². The van der Waals surface area contributed by atoms with Crippen LogP contribution in [0, 0.1) is 0 Å². The average molecular weight is 243 g/mol. The Kier molecular flexibility index (Phi) is 3.99. The predicted octanol–water partition coefficient (Wildman–Crippen LogP) is 4.20. The number of benzene rings is 1. The van der Waals surface area contributed by atoms with Gasteiger partial charge in [0.05, 0.1) is 0 Å². The third-order valence-electron chi connectivity index (χ3n) is 4.82. The van der Waals surface area contributed by atoms with Gasteiger partial charge >= 0.3 is 0 Å². The fraction of sp³-hybridized carbons (Fsp3) is 0.647. The normalized spacial score (nSPS) is 30.2. The van der Waals surface area contributed by atoms with Crippen molar-refractivity contribution in [3.63, 3.8) is 0 Å². The van der Waals surface area contributed by atoms with E-state index in [2.05, 4.69) is 35.2 Å². The van der Waals surface area contributed by atoms with E-state index in [1.807, 2.05) is 0 Å². The van der Waals surface area contributed by atoms with Crippen LogP contribution in [0.5, 0.6) is 0 Å². The fourth-order valence-corrected chi connectivity index (χ4v) is 3.89. The van der Waals surface area contributed by atoms with Crippen molar-refractivity contribution in [2.24, 2.45) is 0 Å². The van der Waals surface area contributed by atoms with Gasteiger partial charge in [-0.05, 0) is 50.3 Å². The number of hydrogen-bond acceptors (Lipinski definition) is 1. The van der Waals surface area contributed by atoms with Gasteiger partial charge in [0.2, 0.25) is 0 Å². The van der Waals surface area contributed by atoms with Gasteiger partial charge in [-0.3, -0.25) is 4.90 Å². The maximum absolute atomic E-state index is 2.79. The Morgan fingerprint density at radius 1 is 0.778 bits per heavy atom. The minimum absolute atomic E-state index is 0.790. The van der Waals surface area contributed by atoms with E-state index in [1.54, 1.807) is 5.56 Å². The zero-order valence-electron chi connectivity index (χ0n) is 11.4. The Morgan fingerprint density at radius 3 is 2.28 bits per heavy atom. The first-order valence-electron chi connectivity index (χ1n) is 7.74. The SMILES string of the molecule is c1ccc([C@H]2CCCC[C@@H]2N2CCCCC2)cc1. The molecule has 1 aliphatic heterocycles. The third kappa shape index (κ3) is 2.61. The van der Waals surface area contributed by atoms with Gasteiger partial charge in [-0.25, -0.2) is 0 Å². The molecule has 1 saturated heterocycles. The van der Waals surface area contributed by atoms with Gasteiger partial charge in [0.15, 0.2) is 0 Å². The molecule has 0 aromatic heterocycles. The lowest BCUT2D eigenvalue weighted by Crippen LogP contribution is -2.44. The highest BCUT2D eigenvalue weighted by atomic mass is 15.2. The second kappa shape index (κ2) is 5.88. The van der Waals surface area contributed by atoms with Gasteiger partial charge in [-0.2, -0.15) is 0 Å². The van der Waals surface area contributed by atoms with Crippen molar-refractivity contribution in [1.82, 2.24) is 4.90 Å². The van der Waals surface area contributed by atoms with Crippen LogP contribution in [0.15, 0.2) is 30.3 Å². The largest absolute Gasteiger partial charge is 0.300 e. The average Bonchev–Trinajstić information content (AvgIpc) is 2.49. The van der Waals surface area contributed by atoms with Crippen molar-refractivity contribution in [1.29, 1.82) is 0 Å². The molecule has 0 amide bonds. The summed E-state index contributed by atoms with van der Waals surface area (Å²) in [6.45, 7) is 2.68. The summed E-state index contributed by atoms with van der Waals surface area (Å²) in [6.07, 6.45) is 9.94. The first-order chi connectivity index (χ1) is 8.95. The fourth-order valence-electron chi connectivity index (χ4n) is 3.89. The lowest BCUT2D eigenvalue weighted by Gasteiger charge is -2.42. The van der Waals surface area contributed by atoms with Crippen LogP contribution in [0.25, 0.3) is 0 Å². The Morgan fingerprint density at radius 2 is 1.50 bits per heavy atom. The van der Waals surface area contributed by atoms with Crippen molar-refractivity contribution in [2.45, 2.75) is 56.9 Å². The number of piperidine rings is 1. The molecule has 0 N–H and O–H groups in total. The highest BCUT2D eigenvalue weighted by Gasteiger charge is 2.31. The molecule has 0 radical (unpaired) electrons. The standard InChI is InChI=1S/C17H25N/c1-3-9-15(10-4-1)16-11-5-6-12-17(16)18-13-7-2-8-14-18/h1,3-4,9-10,16-17H,2,5-8,11-14H2/t16-,17+/m1/s1. The van der Waals surface area contributed by atoms with Crippen LogP contribution in [0.2, 0.25) is 0 Å². The first kappa shape index (κ1) is 12.2. The lowest BCUT2D eigenvalue weighted by molar-refractivity contribution is 0.113. The molecule has 2 atom stereocenters. The lowest BCUT2D eigenvalue weighted by atomic mass is 9.78. The van der Waals surface area contributed by atoms with E-state index in [1.165, 1.54) is 58.0 Å². The van der Waals surface area contributed by atoms with E-state index in [4.69, 9.17) is 0 Å². The van der Waals surface area contributed by atoms with Gasteiger partial charge in [0.25, 0.3) is 0 Å². The molecule has 0 spiro atoms. The van der Waals surface area contributed by atoms with Gasteiger partial charge < -0.3 is 0 Å². The van der Waals surface area contributed by atoms with Crippen LogP contribution in [-0.4, -0.2) is 24.0 Å². The molecule has 18 heavy (non-hydrogen) atoms. The van der Waals surface area contributed by atoms with Crippen LogP contribution in [-0.2, 0) is 0 Å². The van der Waals surface area contributed by atoms with Crippen molar-refractivity contribution in [3.8, 4) is 0 Å². The van der Waals surface area contributed by atoms with E-state index < -0.39 is 0 Å². The highest BCUT2D eigenvalue weighted by Crippen LogP contribution is 2.37. The molecule has 1 saturated carbocycles. The number of likely N-dealkylation sites (tertiary alicyclic amines) is 1. The van der Waals surface area contributed by atoms with E-state index >= 15 is 0 Å². The molecule has 1 aliphatic carbocycles. The summed E-state index contributed by atoms with van der Waals surface area (Å²) in [7, 11) is 0. The van der Waals surface area contributed by atoms with Crippen molar-refractivity contribution in [2.75, 3.05) is 13.1 Å². The molecule has 98 valence electrons. The van der Waals surface area contributed by atoms with Crippen LogP contribution < -0.4 is 0 Å². The molecule has 1 heteroatoms. The summed E-state index contributed by atoms with van der Waals surface area (Å²) >= 11 is 0. The van der Waals surface area contributed by atoms with Gasteiger partial charge in [0.1, 0.15) is 0 Å². The zero-order chi connectivity index (χ0) is 12.2. The minimum atomic E-state index is 0.790. The Labute approximate surface area is 111 Å². The van der Waals surface area contributed by atoms with Crippen molar-refractivity contribution >= 4 is 0 Å². The van der Waals surface area contributed by atoms with E-state index in [-0.39, 0.29) is 0 Å². The second-order valence-corrected chi connectivity index (χ2v) is 5.97. The molecule has 0 unspecified atom stereocenters. The topological polar surface area (TPSA) is 3.24 Å². The molecule has 2 fully saturated rings. The van der Waals surface area contributed by atoms with Crippen LogP contribution in [0.1, 0.15) is 56.4 Å². The second-order valence-electron chi connectivity index (χ2n) is 5.97. The van der Waals surface area contributed by atoms with Gasteiger partial charge in [0, 0.05) is 6.04 Å². The van der Waals surface area contributed by atoms with Crippen LogP contribution >= 0.6 is 0 Å². The molecule has 2 aliphatic rings. The summed E-state index contributed by atoms with van der Waals surface area (Å²) in [5.41, 5.74) is 1.58. The highest BCUT2D eigenvalue weighted by molar-refractivity contribution is 5.22. The maximum Gasteiger partial charge on any atom is 0.0164 e. The van der Waals surface area contributed by atoms with E-state index in [0.29, 0.717) is 0 Å². The Bertz CT molecular complexity index is 353. The smallest absolute Gasteiger partial charge is 0.0164 e. The first-order valence-corrected chi connectivity index (χ1v) is 7.74. The van der Waals surface area contributed by atoms with Crippen LogP contribution in [0.3, 0.4) is 0 Å². The summed E-state index contributed by atoms with van der Waals surface area (Å²) in [5, 5.41) is 0. The number of hydrogen-bond donors (Lipinski definition) is 0. The molecular weight excluding hydrogens is 218 g/mol. The van der Waals surface area contributed by atoms with Crippen LogP contribution in [0.4, 0.5) is 0 Å². The van der Waals surface area contributed by atoms with Gasteiger partial charge in [-0.15, -0.1) is 0 Å². The predicted molar refractivity (Wildman–Crippen MR) is 76.9 cm³/mol. The molecule has 1 aromatic rings. The maximum atomic E-state index is 2.79. The number of rotatable bonds is 2. The number of nitrogens with zero attached hydrogens (tertiary/aromatic N) is 1. The molecule has 1 nitrogen and oxygen atoms in total. The molecular formula is C17H25N. The molecule has 3 rings (SSSR count). The molecule has 1 aromatic carbocycles. The van der Waals surface area contributed by atoms with Crippen molar-refractivity contribution < 1.29 is 0 Å². The molecule has 1 heterocycles. The zero-order valence-corrected chi connectivity index (χ0v) is 11.4. The summed E-state index contributed by atoms with van der Waals surface area (Å²) in [4.78, 5) is 2.79.